The summed E-state index contributed by atoms with van der Waals surface area (Å²) in [6.07, 6.45) is 2.39. The van der Waals surface area contributed by atoms with E-state index >= 15 is 0 Å². The Kier molecular flexibility index (Phi) is 5.13. The number of nitrogens with zero attached hydrogens (tertiary/aromatic N) is 3. The summed E-state index contributed by atoms with van der Waals surface area (Å²) in [5.74, 6) is 0. The van der Waals surface area contributed by atoms with E-state index in [1.807, 2.05) is 11.8 Å². The van der Waals surface area contributed by atoms with Crippen molar-refractivity contribution in [2.24, 2.45) is 0 Å². The predicted octanol–water partition coefficient (Wildman–Crippen LogP) is 2.87. The molecule has 5 heteroatoms. The first-order chi connectivity index (χ1) is 11.8. The quantitative estimate of drug-likeness (QED) is 0.833. The molecule has 0 aliphatic carbocycles. The van der Waals surface area contributed by atoms with Crippen molar-refractivity contribution in [3.8, 4) is 0 Å². The van der Waals surface area contributed by atoms with Gasteiger partial charge in [0.25, 0.3) is 0 Å². The molecule has 1 fully saturated rings. The van der Waals surface area contributed by atoms with E-state index in [1.165, 1.54) is 36.5 Å². The lowest BCUT2D eigenvalue weighted by Gasteiger charge is -2.40. The van der Waals surface area contributed by atoms with Crippen molar-refractivity contribution in [1.82, 2.24) is 9.80 Å². The summed E-state index contributed by atoms with van der Waals surface area (Å²) in [6.45, 7) is 8.52. The van der Waals surface area contributed by atoms with E-state index < -0.39 is 0 Å². The van der Waals surface area contributed by atoms with Crippen LogP contribution in [0.15, 0.2) is 39.8 Å². The van der Waals surface area contributed by atoms with Crippen LogP contribution in [0.4, 0.5) is 5.69 Å². The molecule has 0 saturated carbocycles. The zero-order valence-corrected chi connectivity index (χ0v) is 15.4. The summed E-state index contributed by atoms with van der Waals surface area (Å²) >= 11 is 1.98. The number of thioether (sulfide) groups is 1. The van der Waals surface area contributed by atoms with Gasteiger partial charge in [-0.1, -0.05) is 23.9 Å². The number of anilines is 1. The van der Waals surface area contributed by atoms with Crippen LogP contribution in [-0.4, -0.2) is 69.3 Å². The number of hydrogen-bond donors (Lipinski definition) is 0. The average Bonchev–Trinajstić information content (AvgIpc) is 2.62. The molecule has 3 aliphatic heterocycles. The maximum absolute atomic E-state index is 5.46. The molecule has 0 bridgehead atoms. The molecule has 0 amide bonds. The zero-order chi connectivity index (χ0) is 16.4. The van der Waals surface area contributed by atoms with Crippen LogP contribution >= 0.6 is 11.8 Å². The molecule has 1 saturated heterocycles. The van der Waals surface area contributed by atoms with Crippen LogP contribution in [0.2, 0.25) is 0 Å². The van der Waals surface area contributed by atoms with Crippen LogP contribution in [0, 0.1) is 0 Å². The van der Waals surface area contributed by atoms with Gasteiger partial charge in [-0.2, -0.15) is 0 Å². The Balaban J connectivity index is 1.48. The minimum Gasteiger partial charge on any atom is -0.379 e. The molecule has 24 heavy (non-hydrogen) atoms. The van der Waals surface area contributed by atoms with Gasteiger partial charge in [-0.3, -0.25) is 4.90 Å². The first-order valence-electron chi connectivity index (χ1n) is 9.06. The van der Waals surface area contributed by atoms with Gasteiger partial charge in [0.1, 0.15) is 0 Å². The van der Waals surface area contributed by atoms with Gasteiger partial charge in [0.2, 0.25) is 0 Å². The van der Waals surface area contributed by atoms with Crippen LogP contribution < -0.4 is 4.90 Å². The molecule has 0 spiro atoms. The van der Waals surface area contributed by atoms with E-state index in [2.05, 4.69) is 46.0 Å². The summed E-state index contributed by atoms with van der Waals surface area (Å²) in [5.41, 5.74) is 2.98. The third kappa shape index (κ3) is 3.49. The molecular weight excluding hydrogens is 318 g/mol. The maximum Gasteiger partial charge on any atom is 0.0594 e. The Morgan fingerprint density at radius 2 is 1.92 bits per heavy atom. The third-order valence-electron chi connectivity index (χ3n) is 5.14. The SMILES string of the molecule is CN1CCC2=C(C1)Sc1ccccc1N2CCCN1CCOCC1. The molecule has 0 N–H and O–H groups in total. The number of morpholine rings is 1. The number of hydrogen-bond acceptors (Lipinski definition) is 5. The van der Waals surface area contributed by atoms with Gasteiger partial charge in [0.05, 0.1) is 18.9 Å². The zero-order valence-electron chi connectivity index (χ0n) is 14.5. The fourth-order valence-corrected chi connectivity index (χ4v) is 5.12. The van der Waals surface area contributed by atoms with Gasteiger partial charge >= 0.3 is 0 Å². The molecule has 3 heterocycles. The maximum atomic E-state index is 5.46. The number of benzene rings is 1. The minimum atomic E-state index is 0.894. The number of rotatable bonds is 4. The number of ether oxygens (including phenoxy) is 1. The lowest BCUT2D eigenvalue weighted by atomic mass is 10.1. The van der Waals surface area contributed by atoms with Gasteiger partial charge in [0.15, 0.2) is 0 Å². The van der Waals surface area contributed by atoms with E-state index in [1.54, 1.807) is 10.6 Å². The van der Waals surface area contributed by atoms with Gasteiger partial charge in [0, 0.05) is 61.2 Å². The molecule has 1 aromatic rings. The van der Waals surface area contributed by atoms with Gasteiger partial charge in [-0.25, -0.2) is 0 Å². The van der Waals surface area contributed by atoms with E-state index in [0.29, 0.717) is 0 Å². The van der Waals surface area contributed by atoms with E-state index in [-0.39, 0.29) is 0 Å². The topological polar surface area (TPSA) is 19.0 Å². The van der Waals surface area contributed by atoms with Crippen LogP contribution in [0.3, 0.4) is 0 Å². The fraction of sp³-hybridized carbons (Fsp3) is 0.579. The highest BCUT2D eigenvalue weighted by Gasteiger charge is 2.28. The Labute approximate surface area is 149 Å². The summed E-state index contributed by atoms with van der Waals surface area (Å²) < 4.78 is 5.46. The highest BCUT2D eigenvalue weighted by molar-refractivity contribution is 8.03. The lowest BCUT2D eigenvalue weighted by Crippen LogP contribution is -2.39. The monoisotopic (exact) mass is 345 g/mol. The van der Waals surface area contributed by atoms with Crippen molar-refractivity contribution in [2.75, 3.05) is 64.4 Å². The molecule has 0 aromatic heterocycles. The Hall–Kier alpha value is -1.01. The first kappa shape index (κ1) is 16.5. The smallest absolute Gasteiger partial charge is 0.0594 e. The van der Waals surface area contributed by atoms with E-state index in [0.717, 1.165) is 39.4 Å². The van der Waals surface area contributed by atoms with Crippen molar-refractivity contribution in [2.45, 2.75) is 17.7 Å². The predicted molar refractivity (Wildman–Crippen MR) is 101 cm³/mol. The normalized spacial score (nSPS) is 22.5. The summed E-state index contributed by atoms with van der Waals surface area (Å²) in [6, 6.07) is 8.90. The number of fused-ring (bicyclic) bond motifs is 1. The largest absolute Gasteiger partial charge is 0.379 e. The number of para-hydroxylation sites is 1. The van der Waals surface area contributed by atoms with Crippen LogP contribution in [-0.2, 0) is 4.74 Å². The number of likely N-dealkylation sites (N-methyl/N-ethyl adjacent to an activating group) is 1. The van der Waals surface area contributed by atoms with Crippen LogP contribution in [0.1, 0.15) is 12.8 Å². The molecule has 0 radical (unpaired) electrons. The Morgan fingerprint density at radius 3 is 2.79 bits per heavy atom. The van der Waals surface area contributed by atoms with Crippen molar-refractivity contribution in [3.05, 3.63) is 34.9 Å². The Bertz CT molecular complexity index is 612. The highest BCUT2D eigenvalue weighted by atomic mass is 32.2. The summed E-state index contributed by atoms with van der Waals surface area (Å²) in [7, 11) is 2.23. The molecule has 0 unspecified atom stereocenters. The molecule has 4 nitrogen and oxygen atoms in total. The second-order valence-electron chi connectivity index (χ2n) is 6.89. The van der Waals surface area contributed by atoms with Crippen molar-refractivity contribution < 1.29 is 4.74 Å². The average molecular weight is 346 g/mol. The summed E-state index contributed by atoms with van der Waals surface area (Å²) in [4.78, 5) is 10.5. The standard InChI is InChI=1S/C19H27N3OS/c1-20-10-7-17-19(15-20)24-18-6-3-2-5-16(18)22(17)9-4-8-21-11-13-23-14-12-21/h2-3,5-6H,4,7-15H2,1H3. The lowest BCUT2D eigenvalue weighted by molar-refractivity contribution is 0.0377. The summed E-state index contributed by atoms with van der Waals surface area (Å²) in [5, 5.41) is 0. The minimum absolute atomic E-state index is 0.894. The van der Waals surface area contributed by atoms with Gasteiger partial charge in [-0.05, 0) is 25.6 Å². The molecule has 0 atom stereocenters. The van der Waals surface area contributed by atoms with Crippen molar-refractivity contribution in [1.29, 1.82) is 0 Å². The van der Waals surface area contributed by atoms with Gasteiger partial charge < -0.3 is 14.5 Å². The molecule has 4 rings (SSSR count). The van der Waals surface area contributed by atoms with Crippen LogP contribution in [0.25, 0.3) is 0 Å². The second-order valence-corrected chi connectivity index (χ2v) is 8.02. The highest BCUT2D eigenvalue weighted by Crippen LogP contribution is 2.45. The molecule has 3 aliphatic rings. The Morgan fingerprint density at radius 1 is 1.08 bits per heavy atom. The fourth-order valence-electron chi connectivity index (χ4n) is 3.81. The first-order valence-corrected chi connectivity index (χ1v) is 9.88. The van der Waals surface area contributed by atoms with E-state index in [4.69, 9.17) is 4.74 Å². The van der Waals surface area contributed by atoms with Gasteiger partial charge in [-0.15, -0.1) is 0 Å². The molecule has 1 aromatic carbocycles. The van der Waals surface area contributed by atoms with E-state index in [9.17, 15) is 0 Å². The third-order valence-corrected chi connectivity index (χ3v) is 6.32. The molecular formula is C19H27N3OS. The van der Waals surface area contributed by atoms with Crippen molar-refractivity contribution >= 4 is 17.4 Å². The second kappa shape index (κ2) is 7.48. The van der Waals surface area contributed by atoms with Crippen LogP contribution in [0.5, 0.6) is 0 Å². The van der Waals surface area contributed by atoms with Crippen molar-refractivity contribution in [3.63, 3.8) is 0 Å². The molecule has 130 valence electrons.